The zero-order chi connectivity index (χ0) is 21.3. The van der Waals surface area contributed by atoms with Crippen LogP contribution in [0.5, 0.6) is 0 Å². The van der Waals surface area contributed by atoms with Gasteiger partial charge < -0.3 is 62.1 Å². The van der Waals surface area contributed by atoms with Crippen LogP contribution in [-0.2, 0) is 41.1 Å². The molecule has 0 amide bonds. The third-order valence-corrected chi connectivity index (χ3v) is 4.69. The van der Waals surface area contributed by atoms with E-state index >= 15 is 0 Å². The van der Waals surface area contributed by atoms with Crippen LogP contribution in [0.2, 0.25) is 0 Å². The summed E-state index contributed by atoms with van der Waals surface area (Å²) in [5.41, 5.74) is 0. The molecule has 0 unspecified atom stereocenters. The van der Waals surface area contributed by atoms with E-state index in [1.807, 2.05) is 0 Å². The minimum atomic E-state index is -5.89. The maximum absolute atomic E-state index is 11.0. The van der Waals surface area contributed by atoms with Crippen LogP contribution in [0.4, 0.5) is 0 Å². The van der Waals surface area contributed by atoms with Crippen molar-refractivity contribution >= 4 is 31.3 Å². The van der Waals surface area contributed by atoms with E-state index in [2.05, 4.69) is 18.1 Å². The summed E-state index contributed by atoms with van der Waals surface area (Å²) in [4.78, 5) is 77.7. The average molecular weight is 572 g/mol. The summed E-state index contributed by atoms with van der Waals surface area (Å²) in [6.07, 6.45) is -8.28. The molecule has 1 saturated heterocycles. The molecular formula is C6H12Na4O17P4. The van der Waals surface area contributed by atoms with Gasteiger partial charge in [-0.25, -0.2) is 9.13 Å². The molecule has 162 valence electrons. The standard InChI is InChI=1S/C6H16O17P4.4Na/c7-24(8,9)19-1-3-5(22-26(13,14)15)6(23-27(16,17)18)4(21-3)2-20-25(10,11)12;;;;/h3-6H,1-2H2,(H2,7,8,9)(H2,10,11,12)(H2,13,14,15)(H2,16,17,18);;;;/q;4*+1/p-4/t3-,4-,5-,6-;;;;/m1..../s1. The Bertz CT molecular complexity index is 641. The summed E-state index contributed by atoms with van der Waals surface area (Å²) >= 11 is 0. The number of ether oxygens (including phenoxy) is 1. The van der Waals surface area contributed by atoms with Gasteiger partial charge in [-0.3, -0.25) is 9.05 Å². The molecule has 0 radical (unpaired) electrons. The maximum atomic E-state index is 11.0. The second kappa shape index (κ2) is 17.1. The van der Waals surface area contributed by atoms with Crippen molar-refractivity contribution in [3.8, 4) is 0 Å². The Labute approximate surface area is 263 Å². The van der Waals surface area contributed by atoms with Crippen molar-refractivity contribution < 1.29 is 198 Å². The van der Waals surface area contributed by atoms with Gasteiger partial charge in [0.1, 0.15) is 24.4 Å². The fraction of sp³-hybridized carbons (Fsp3) is 1.00. The van der Waals surface area contributed by atoms with Gasteiger partial charge >= 0.3 is 134 Å². The van der Waals surface area contributed by atoms with Gasteiger partial charge in [0.05, 0.1) is 28.9 Å². The molecule has 0 aromatic heterocycles. The van der Waals surface area contributed by atoms with Crippen molar-refractivity contribution in [2.45, 2.75) is 24.4 Å². The van der Waals surface area contributed by atoms with Gasteiger partial charge in [0.15, 0.2) is 0 Å². The molecule has 25 heteroatoms. The molecule has 17 nitrogen and oxygen atoms in total. The number of hydrogen-bond acceptors (Lipinski definition) is 13. The Kier molecular flexibility index (Phi) is 23.4. The minimum Gasteiger partial charge on any atom is -0.790 e. The molecule has 0 bridgehead atoms. The summed E-state index contributed by atoms with van der Waals surface area (Å²) in [6.45, 7) is -2.44. The van der Waals surface area contributed by atoms with Crippen molar-refractivity contribution in [2.75, 3.05) is 13.2 Å². The van der Waals surface area contributed by atoms with Crippen molar-refractivity contribution in [1.29, 1.82) is 0 Å². The Morgan fingerprint density at radius 2 is 1.03 bits per heavy atom. The van der Waals surface area contributed by atoms with Crippen LogP contribution in [0.25, 0.3) is 0 Å². The summed E-state index contributed by atoms with van der Waals surface area (Å²) in [6, 6.07) is 0. The van der Waals surface area contributed by atoms with E-state index in [1.165, 1.54) is 0 Å². The van der Waals surface area contributed by atoms with Crippen LogP contribution in [0.15, 0.2) is 0 Å². The second-order valence-corrected chi connectivity index (χ2v) is 9.51. The molecule has 0 aromatic carbocycles. The molecule has 4 N–H and O–H groups in total. The molecule has 0 aromatic rings. The predicted octanol–water partition coefficient (Wildman–Crippen LogP) is -16.6. The van der Waals surface area contributed by atoms with Gasteiger partial charge in [0.25, 0.3) is 0 Å². The smallest absolute Gasteiger partial charge is 0.790 e. The van der Waals surface area contributed by atoms with E-state index in [-0.39, 0.29) is 118 Å². The summed E-state index contributed by atoms with van der Waals surface area (Å²) in [5, 5.41) is 0. The first-order chi connectivity index (χ1) is 11.9. The van der Waals surface area contributed by atoms with Crippen LogP contribution < -0.4 is 138 Å². The monoisotopic (exact) mass is 572 g/mol. The third kappa shape index (κ3) is 20.1. The Hall–Kier alpha value is 4.40. The molecule has 0 aliphatic carbocycles. The molecule has 1 aliphatic heterocycles. The first-order valence-electron chi connectivity index (χ1n) is 6.33. The van der Waals surface area contributed by atoms with Gasteiger partial charge in [-0.15, -0.1) is 0 Å². The molecule has 1 rings (SSSR count). The molecule has 0 saturated carbocycles. The molecule has 1 fully saturated rings. The molecular weight excluding hydrogens is 560 g/mol. The van der Waals surface area contributed by atoms with E-state index in [0.29, 0.717) is 0 Å². The van der Waals surface area contributed by atoms with Crippen molar-refractivity contribution in [3.63, 3.8) is 0 Å². The summed E-state index contributed by atoms with van der Waals surface area (Å²) < 4.78 is 64.1. The fourth-order valence-corrected chi connectivity index (χ4v) is 3.77. The van der Waals surface area contributed by atoms with Crippen molar-refractivity contribution in [1.82, 2.24) is 0 Å². The van der Waals surface area contributed by atoms with E-state index in [4.69, 9.17) is 24.3 Å². The normalized spacial score (nSPS) is 24.3. The van der Waals surface area contributed by atoms with E-state index in [9.17, 15) is 37.8 Å². The van der Waals surface area contributed by atoms with Gasteiger partial charge in [0, 0.05) is 0 Å². The van der Waals surface area contributed by atoms with E-state index in [0.717, 1.165) is 0 Å². The maximum Gasteiger partial charge on any atom is 1.00 e. The zero-order valence-corrected chi connectivity index (χ0v) is 28.2. The molecule has 31 heavy (non-hydrogen) atoms. The number of hydrogen-bond donors (Lipinski definition) is 4. The average Bonchev–Trinajstić information content (AvgIpc) is 2.67. The van der Waals surface area contributed by atoms with E-state index < -0.39 is 68.9 Å². The quantitative estimate of drug-likeness (QED) is 0.140. The number of phosphoric acid groups is 4. The number of rotatable bonds is 10. The molecule has 4 atom stereocenters. The Morgan fingerprint density at radius 3 is 1.35 bits per heavy atom. The van der Waals surface area contributed by atoms with Gasteiger partial charge in [-0.05, 0) is 0 Å². The Balaban J connectivity index is -0.000000911. The fourth-order valence-electron chi connectivity index (χ4n) is 1.97. The largest absolute Gasteiger partial charge is 1.00 e. The van der Waals surface area contributed by atoms with Crippen LogP contribution >= 0.6 is 31.3 Å². The first-order valence-corrected chi connectivity index (χ1v) is 12.3. The van der Waals surface area contributed by atoms with Crippen LogP contribution in [0, 0.1) is 0 Å². The van der Waals surface area contributed by atoms with Gasteiger partial charge in [-0.2, -0.15) is 0 Å². The SMILES string of the molecule is O=P([O-])([O-])OC[C@H]1O[C@H](COP(=O)(O)O)[C@@H](OP(=O)(O)O)[C@@H]1OP(=O)([O-])[O-].[Na+].[Na+].[Na+].[Na+]. The molecule has 1 heterocycles. The topological polar surface area (TPSA) is 288 Å². The first kappa shape index (κ1) is 42.5. The molecule has 0 spiro atoms. The second-order valence-electron chi connectivity index (χ2n) is 4.82. The van der Waals surface area contributed by atoms with Crippen molar-refractivity contribution in [3.05, 3.63) is 0 Å². The number of phosphoric ester groups is 4. The Morgan fingerprint density at radius 1 is 0.645 bits per heavy atom. The van der Waals surface area contributed by atoms with E-state index in [1.54, 1.807) is 0 Å². The van der Waals surface area contributed by atoms with Crippen LogP contribution in [0.1, 0.15) is 0 Å². The van der Waals surface area contributed by atoms with Crippen molar-refractivity contribution in [2.24, 2.45) is 0 Å². The van der Waals surface area contributed by atoms with Gasteiger partial charge in [-0.1, -0.05) is 0 Å². The van der Waals surface area contributed by atoms with Gasteiger partial charge in [0.2, 0.25) is 0 Å². The molecule has 1 aliphatic rings. The van der Waals surface area contributed by atoms with Crippen LogP contribution in [-0.4, -0.2) is 57.2 Å². The minimum absolute atomic E-state index is 0. The predicted molar refractivity (Wildman–Crippen MR) is 69.6 cm³/mol. The summed E-state index contributed by atoms with van der Waals surface area (Å²) in [5.74, 6) is 0. The third-order valence-electron chi connectivity index (χ3n) is 2.72. The van der Waals surface area contributed by atoms with Crippen LogP contribution in [0.3, 0.4) is 0 Å². The zero-order valence-electron chi connectivity index (χ0n) is 16.6. The summed E-state index contributed by atoms with van der Waals surface area (Å²) in [7, 11) is -22.1.